The summed E-state index contributed by atoms with van der Waals surface area (Å²) in [4.78, 5) is 15.8. The van der Waals surface area contributed by atoms with Crippen molar-refractivity contribution < 1.29 is 4.79 Å². The van der Waals surface area contributed by atoms with Gasteiger partial charge in [-0.05, 0) is 36.4 Å². The van der Waals surface area contributed by atoms with Crippen LogP contribution >= 0.6 is 35.3 Å². The van der Waals surface area contributed by atoms with Crippen molar-refractivity contribution in [1.82, 2.24) is 4.90 Å². The molecule has 1 aromatic rings. The molecule has 96 valence electrons. The first-order valence-electron chi connectivity index (χ1n) is 5.93. The summed E-state index contributed by atoms with van der Waals surface area (Å²) in [5.41, 5.74) is 1.21. The highest BCUT2D eigenvalue weighted by molar-refractivity contribution is 8.26. The van der Waals surface area contributed by atoms with Gasteiger partial charge in [0.05, 0.1) is 4.91 Å². The number of rotatable bonds is 4. The molecule has 1 aliphatic rings. The van der Waals surface area contributed by atoms with Crippen LogP contribution in [0.5, 0.6) is 0 Å². The van der Waals surface area contributed by atoms with Crippen molar-refractivity contribution in [3.63, 3.8) is 0 Å². The summed E-state index contributed by atoms with van der Waals surface area (Å²) in [6.45, 7) is 4.91. The van der Waals surface area contributed by atoms with Crippen LogP contribution in [0.4, 0.5) is 0 Å². The van der Waals surface area contributed by atoms with Gasteiger partial charge in [-0.25, -0.2) is 0 Å². The van der Waals surface area contributed by atoms with E-state index in [0.717, 1.165) is 29.2 Å². The Morgan fingerprint density at radius 2 is 2.28 bits per heavy atom. The third-order valence-electron chi connectivity index (χ3n) is 2.77. The highest BCUT2D eigenvalue weighted by atomic mass is 32.2. The zero-order chi connectivity index (χ0) is 13.1. The molecule has 0 spiro atoms. The first-order chi connectivity index (χ1) is 8.63. The van der Waals surface area contributed by atoms with E-state index >= 15 is 0 Å². The highest BCUT2D eigenvalue weighted by Crippen LogP contribution is 2.34. The third-order valence-corrected chi connectivity index (χ3v) is 5.12. The number of hydrogen-bond acceptors (Lipinski definition) is 4. The van der Waals surface area contributed by atoms with Gasteiger partial charge < -0.3 is 0 Å². The summed E-state index contributed by atoms with van der Waals surface area (Å²) < 4.78 is 0.689. The van der Waals surface area contributed by atoms with Crippen LogP contribution in [-0.2, 0) is 4.79 Å². The molecular formula is C13H15NOS3. The molecule has 0 atom stereocenters. The zero-order valence-corrected chi connectivity index (χ0v) is 12.9. The van der Waals surface area contributed by atoms with Gasteiger partial charge in [0.2, 0.25) is 0 Å². The third kappa shape index (κ3) is 2.84. The smallest absolute Gasteiger partial charge is 0.266 e. The number of unbranched alkanes of at least 4 members (excludes halogenated alkanes) is 1. The molecule has 1 aromatic heterocycles. The van der Waals surface area contributed by atoms with Gasteiger partial charge in [-0.1, -0.05) is 37.3 Å². The topological polar surface area (TPSA) is 20.3 Å². The highest BCUT2D eigenvalue weighted by Gasteiger charge is 2.31. The molecule has 18 heavy (non-hydrogen) atoms. The summed E-state index contributed by atoms with van der Waals surface area (Å²) >= 11 is 8.34. The van der Waals surface area contributed by atoms with Crippen LogP contribution in [0.25, 0.3) is 6.08 Å². The van der Waals surface area contributed by atoms with Crippen molar-refractivity contribution in [3.8, 4) is 0 Å². The van der Waals surface area contributed by atoms with Gasteiger partial charge in [-0.2, -0.15) is 0 Å². The molecule has 0 bridgehead atoms. The van der Waals surface area contributed by atoms with Gasteiger partial charge in [-0.3, -0.25) is 9.69 Å². The summed E-state index contributed by atoms with van der Waals surface area (Å²) in [7, 11) is 0. The van der Waals surface area contributed by atoms with E-state index < -0.39 is 0 Å². The maximum Gasteiger partial charge on any atom is 0.266 e. The predicted molar refractivity (Wildman–Crippen MR) is 83.8 cm³/mol. The van der Waals surface area contributed by atoms with Gasteiger partial charge in [-0.15, -0.1) is 11.3 Å². The second kappa shape index (κ2) is 5.99. The first kappa shape index (κ1) is 13.8. The Balaban J connectivity index is 2.17. The van der Waals surface area contributed by atoms with E-state index in [0.29, 0.717) is 4.32 Å². The number of thiocarbonyl (C=S) groups is 1. The lowest BCUT2D eigenvalue weighted by atomic mass is 10.2. The molecule has 1 saturated heterocycles. The number of thioether (sulfide) groups is 1. The molecule has 2 heterocycles. The van der Waals surface area contributed by atoms with E-state index in [4.69, 9.17) is 12.2 Å². The van der Waals surface area contributed by atoms with Crippen molar-refractivity contribution in [1.29, 1.82) is 0 Å². The minimum absolute atomic E-state index is 0.0613. The van der Waals surface area contributed by atoms with Gasteiger partial charge in [0.1, 0.15) is 4.32 Å². The van der Waals surface area contributed by atoms with E-state index in [1.165, 1.54) is 17.3 Å². The molecule has 1 fully saturated rings. The second-order valence-corrected chi connectivity index (χ2v) is 6.78. The van der Waals surface area contributed by atoms with E-state index in [1.807, 2.05) is 11.5 Å². The summed E-state index contributed by atoms with van der Waals surface area (Å²) in [6, 6.07) is 2.06. The summed E-state index contributed by atoms with van der Waals surface area (Å²) in [5, 5.41) is 2.04. The van der Waals surface area contributed by atoms with E-state index in [-0.39, 0.29) is 5.91 Å². The standard InChI is InChI=1S/C13H15NOS3/c1-3-4-6-14-12(15)11(18-13(14)16)8-10-9(2)5-7-17-10/h5,7-8H,3-4,6H2,1-2H3/b11-8-. The fourth-order valence-electron chi connectivity index (χ4n) is 1.66. The van der Waals surface area contributed by atoms with Crippen molar-refractivity contribution in [2.75, 3.05) is 6.54 Å². The van der Waals surface area contributed by atoms with Crippen molar-refractivity contribution in [3.05, 3.63) is 26.8 Å². The maximum absolute atomic E-state index is 12.2. The second-order valence-electron chi connectivity index (χ2n) is 4.15. The quantitative estimate of drug-likeness (QED) is 0.617. The Morgan fingerprint density at radius 1 is 1.50 bits per heavy atom. The van der Waals surface area contributed by atoms with E-state index in [1.54, 1.807) is 16.2 Å². The Morgan fingerprint density at radius 3 is 2.89 bits per heavy atom. The average Bonchev–Trinajstić information content (AvgIpc) is 2.84. The summed E-state index contributed by atoms with van der Waals surface area (Å²) in [5.74, 6) is 0.0613. The molecule has 0 N–H and O–H groups in total. The fourth-order valence-corrected chi connectivity index (χ4v) is 3.88. The molecule has 2 nitrogen and oxygen atoms in total. The van der Waals surface area contributed by atoms with Crippen molar-refractivity contribution >= 4 is 51.6 Å². The normalized spacial score (nSPS) is 18.1. The van der Waals surface area contributed by atoms with Gasteiger partial charge in [0.15, 0.2) is 0 Å². The molecule has 0 aliphatic carbocycles. The minimum atomic E-state index is 0.0613. The molecule has 1 aliphatic heterocycles. The molecule has 0 radical (unpaired) electrons. The van der Waals surface area contributed by atoms with Crippen LogP contribution in [0, 0.1) is 6.92 Å². The fraction of sp³-hybridized carbons (Fsp3) is 0.385. The molecular weight excluding hydrogens is 282 g/mol. The Bertz CT molecular complexity index is 504. The first-order valence-corrected chi connectivity index (χ1v) is 8.03. The maximum atomic E-state index is 12.2. The number of hydrogen-bond donors (Lipinski definition) is 0. The number of amides is 1. The average molecular weight is 297 g/mol. The molecule has 2 rings (SSSR count). The number of nitrogens with zero attached hydrogens (tertiary/aromatic N) is 1. The molecule has 0 saturated carbocycles. The lowest BCUT2D eigenvalue weighted by Gasteiger charge is -2.12. The SMILES string of the molecule is CCCCN1C(=O)/C(=C/c2sccc2C)SC1=S. The Labute approximate surface area is 121 Å². The van der Waals surface area contributed by atoms with Crippen LogP contribution in [0.3, 0.4) is 0 Å². The number of thiophene rings is 1. The monoisotopic (exact) mass is 297 g/mol. The van der Waals surface area contributed by atoms with E-state index in [9.17, 15) is 4.79 Å². The van der Waals surface area contributed by atoms with Gasteiger partial charge >= 0.3 is 0 Å². The molecule has 5 heteroatoms. The van der Waals surface area contributed by atoms with Gasteiger partial charge in [0, 0.05) is 11.4 Å². The van der Waals surface area contributed by atoms with Crippen molar-refractivity contribution in [2.24, 2.45) is 0 Å². The summed E-state index contributed by atoms with van der Waals surface area (Å²) in [6.07, 6.45) is 4.03. The Kier molecular flexibility index (Phi) is 4.59. The van der Waals surface area contributed by atoms with Crippen LogP contribution in [0.2, 0.25) is 0 Å². The predicted octanol–water partition coefficient (Wildman–Crippen LogP) is 4.06. The molecule has 0 unspecified atom stereocenters. The lowest BCUT2D eigenvalue weighted by molar-refractivity contribution is -0.122. The number of aryl methyl sites for hydroxylation is 1. The van der Waals surface area contributed by atoms with Crippen LogP contribution in [0.1, 0.15) is 30.2 Å². The van der Waals surface area contributed by atoms with Crippen LogP contribution in [0.15, 0.2) is 16.4 Å². The minimum Gasteiger partial charge on any atom is -0.293 e. The van der Waals surface area contributed by atoms with Crippen LogP contribution < -0.4 is 0 Å². The largest absolute Gasteiger partial charge is 0.293 e. The molecule has 1 amide bonds. The van der Waals surface area contributed by atoms with Crippen molar-refractivity contribution in [2.45, 2.75) is 26.7 Å². The Hall–Kier alpha value is -0.650. The van der Waals surface area contributed by atoms with Gasteiger partial charge in [0.25, 0.3) is 5.91 Å². The van der Waals surface area contributed by atoms with E-state index in [2.05, 4.69) is 19.9 Å². The van der Waals surface area contributed by atoms with Crippen LogP contribution in [-0.4, -0.2) is 21.7 Å². The lowest BCUT2D eigenvalue weighted by Crippen LogP contribution is -2.28. The number of carbonyl (C=O) groups excluding carboxylic acids is 1. The zero-order valence-electron chi connectivity index (χ0n) is 10.4. The molecule has 0 aromatic carbocycles. The number of carbonyl (C=O) groups is 1.